The second-order valence-corrected chi connectivity index (χ2v) is 18.6. The number of allylic oxidation sites excluding steroid dienone is 1. The lowest BCUT2D eigenvalue weighted by Gasteiger charge is -2.30. The monoisotopic (exact) mass is 802 g/mol. The Morgan fingerprint density at radius 1 is 1.09 bits per heavy atom. The number of sulfonamides is 1. The normalized spacial score (nSPS) is 31.4. The van der Waals surface area contributed by atoms with E-state index in [1.807, 2.05) is 12.2 Å². The number of aromatic nitrogens is 2. The third-order valence-electron chi connectivity index (χ3n) is 11.9. The fourth-order valence-electron chi connectivity index (χ4n) is 7.46. The van der Waals surface area contributed by atoms with Gasteiger partial charge in [-0.25, -0.2) is 32.0 Å². The summed E-state index contributed by atoms with van der Waals surface area (Å²) in [6.45, 7) is 3.92. The maximum Gasteiger partial charge on any atom is 0.407 e. The predicted molar refractivity (Wildman–Crippen MR) is 197 cm³/mol. The summed E-state index contributed by atoms with van der Waals surface area (Å²) in [6, 6.07) is 2.79. The molecule has 304 valence electrons. The summed E-state index contributed by atoms with van der Waals surface area (Å²) in [4.78, 5) is 66.2. The number of carbonyl (C=O) groups excluding carboxylic acids is 4. The van der Waals surface area contributed by atoms with Crippen molar-refractivity contribution in [1.29, 1.82) is 0 Å². The predicted octanol–water partition coefficient (Wildman–Crippen LogP) is 3.83. The number of benzene rings is 1. The van der Waals surface area contributed by atoms with Gasteiger partial charge in [-0.15, -0.1) is 0 Å². The Hall–Kier alpha value is -4.61. The van der Waals surface area contributed by atoms with Gasteiger partial charge in [0.2, 0.25) is 27.7 Å². The van der Waals surface area contributed by atoms with Crippen LogP contribution in [0.5, 0.6) is 11.6 Å². The van der Waals surface area contributed by atoms with Gasteiger partial charge < -0.3 is 29.7 Å². The molecule has 1 saturated heterocycles. The standard InChI is InChI=1S/C38H48F2N6O9S/c1-22-31(42-28-16-24(53-4)12-13-26(28)41-22)55-25-17-29-30(47)44-37(33(49)45-56(51,52)36(3)14-15-36)18-23(37)10-8-6-5-7-9-11-27(32(48)46(29)19-25)43-34(50)54-21-35(2)20-38(35,39)40/h8,10,12-13,16,23,25,27,29H,5-7,9,11,14-15,17-21H2,1-4H3,(H,43,50)(H,44,47)(H,45,49)/b10-8-/t23?,25-,27+,29+,35?,37-/m1/s1. The van der Waals surface area contributed by atoms with Crippen LogP contribution in [0.25, 0.3) is 11.0 Å². The van der Waals surface area contributed by atoms with E-state index in [0.29, 0.717) is 61.0 Å². The summed E-state index contributed by atoms with van der Waals surface area (Å²) in [5, 5.41) is 5.38. The van der Waals surface area contributed by atoms with Crippen LogP contribution in [0.3, 0.4) is 0 Å². The molecule has 56 heavy (non-hydrogen) atoms. The first-order valence-corrected chi connectivity index (χ1v) is 20.5. The second-order valence-electron chi connectivity index (χ2n) is 16.4. The quantitative estimate of drug-likeness (QED) is 0.312. The van der Waals surface area contributed by atoms with Gasteiger partial charge in [0.1, 0.15) is 41.8 Å². The van der Waals surface area contributed by atoms with Crippen LogP contribution in [0.2, 0.25) is 0 Å². The van der Waals surface area contributed by atoms with Gasteiger partial charge in [0.05, 0.1) is 34.8 Å². The molecule has 15 nitrogen and oxygen atoms in total. The van der Waals surface area contributed by atoms with Crippen LogP contribution in [0.15, 0.2) is 30.4 Å². The first-order chi connectivity index (χ1) is 26.4. The number of amides is 4. The molecule has 1 aromatic carbocycles. The largest absolute Gasteiger partial charge is 0.497 e. The lowest BCUT2D eigenvalue weighted by Crippen LogP contribution is -2.58. The summed E-state index contributed by atoms with van der Waals surface area (Å²) in [5.41, 5.74) is -1.53. The molecule has 3 N–H and O–H groups in total. The van der Waals surface area contributed by atoms with Crippen LogP contribution >= 0.6 is 0 Å². The number of rotatable bonds is 9. The Morgan fingerprint density at radius 3 is 2.54 bits per heavy atom. The molecule has 0 bridgehead atoms. The van der Waals surface area contributed by atoms with Crippen molar-refractivity contribution >= 4 is 44.9 Å². The second kappa shape index (κ2) is 14.4. The molecule has 18 heteroatoms. The van der Waals surface area contributed by atoms with E-state index in [9.17, 15) is 36.4 Å². The van der Waals surface area contributed by atoms with Crippen molar-refractivity contribution in [1.82, 2.24) is 30.2 Å². The molecule has 3 aliphatic carbocycles. The fraction of sp³-hybridized carbons (Fsp3) is 0.632. The van der Waals surface area contributed by atoms with Gasteiger partial charge in [-0.2, -0.15) is 0 Å². The van der Waals surface area contributed by atoms with E-state index in [1.165, 1.54) is 18.9 Å². The van der Waals surface area contributed by atoms with E-state index in [1.54, 1.807) is 32.0 Å². The molecule has 3 saturated carbocycles. The molecule has 5 aliphatic rings. The SMILES string of the molecule is COc1ccc2nc(C)c(O[C@@H]3C[C@H]4C(=O)N[C@]5(C(=O)NS(=O)(=O)C6(C)CC6)CC5/C=C\CCCCC[C@H](NC(=O)OCC5(C)CC5(F)F)C(=O)N4C3)nc2c1. The third kappa shape index (κ3) is 7.72. The Morgan fingerprint density at radius 2 is 1.84 bits per heavy atom. The molecule has 6 atom stereocenters. The lowest BCUT2D eigenvalue weighted by atomic mass is 10.0. The Kier molecular flexibility index (Phi) is 10.2. The Labute approximate surface area is 323 Å². The molecule has 7 rings (SSSR count). The van der Waals surface area contributed by atoms with Crippen LogP contribution in [0.4, 0.5) is 13.6 Å². The number of hydrogen-bond donors (Lipinski definition) is 3. The van der Waals surface area contributed by atoms with Gasteiger partial charge in [-0.3, -0.25) is 19.1 Å². The number of carbonyl (C=O) groups is 4. The highest BCUT2D eigenvalue weighted by atomic mass is 32.2. The number of nitrogens with one attached hydrogen (secondary N) is 3. The van der Waals surface area contributed by atoms with E-state index < -0.39 is 92.6 Å². The van der Waals surface area contributed by atoms with E-state index in [0.717, 1.165) is 0 Å². The number of hydrogen-bond acceptors (Lipinski definition) is 11. The summed E-state index contributed by atoms with van der Waals surface area (Å²) < 4.78 is 71.9. The van der Waals surface area contributed by atoms with Crippen molar-refractivity contribution < 1.29 is 50.6 Å². The van der Waals surface area contributed by atoms with Gasteiger partial charge in [-0.1, -0.05) is 31.9 Å². The molecule has 4 amide bonds. The molecule has 0 spiro atoms. The smallest absolute Gasteiger partial charge is 0.407 e. The summed E-state index contributed by atoms with van der Waals surface area (Å²) in [6.07, 6.45) is 5.03. The number of nitrogens with zero attached hydrogens (tertiary/aromatic N) is 3. The minimum atomic E-state index is -4.03. The molecular weight excluding hydrogens is 755 g/mol. The van der Waals surface area contributed by atoms with Crippen LogP contribution in [0.1, 0.15) is 83.7 Å². The zero-order chi connectivity index (χ0) is 40.3. The van der Waals surface area contributed by atoms with E-state index in [-0.39, 0.29) is 31.7 Å². The molecule has 0 radical (unpaired) electrons. The molecule has 2 unspecified atom stereocenters. The molecule has 1 aromatic heterocycles. The van der Waals surface area contributed by atoms with Crippen LogP contribution < -0.4 is 24.8 Å². The van der Waals surface area contributed by atoms with Gasteiger partial charge in [0.15, 0.2) is 0 Å². The average molecular weight is 803 g/mol. The lowest BCUT2D eigenvalue weighted by molar-refractivity contribution is -0.141. The molecular formula is C38H48F2N6O9S. The topological polar surface area (TPSA) is 195 Å². The number of aryl methyl sites for hydroxylation is 1. The number of fused-ring (bicyclic) bond motifs is 3. The van der Waals surface area contributed by atoms with Gasteiger partial charge >= 0.3 is 6.09 Å². The van der Waals surface area contributed by atoms with Crippen molar-refractivity contribution in [3.05, 3.63) is 36.0 Å². The Balaban J connectivity index is 1.17. The van der Waals surface area contributed by atoms with Gasteiger partial charge in [-0.05, 0) is 64.5 Å². The van der Waals surface area contributed by atoms with E-state index >= 15 is 0 Å². The first kappa shape index (κ1) is 39.6. The maximum atomic E-state index is 14.5. The van der Waals surface area contributed by atoms with Gasteiger partial charge in [0.25, 0.3) is 11.8 Å². The molecule has 3 heterocycles. The van der Waals surface area contributed by atoms with Crippen molar-refractivity contribution in [3.8, 4) is 11.6 Å². The third-order valence-corrected chi connectivity index (χ3v) is 14.1. The number of ether oxygens (including phenoxy) is 3. The van der Waals surface area contributed by atoms with E-state index in [4.69, 9.17) is 14.2 Å². The molecule has 2 aromatic rings. The molecule has 2 aliphatic heterocycles. The highest BCUT2D eigenvalue weighted by Gasteiger charge is 2.68. The van der Waals surface area contributed by atoms with Crippen molar-refractivity contribution in [2.24, 2.45) is 11.3 Å². The van der Waals surface area contributed by atoms with Crippen molar-refractivity contribution in [2.45, 2.75) is 119 Å². The zero-order valence-corrected chi connectivity index (χ0v) is 32.7. The number of methoxy groups -OCH3 is 1. The number of halogens is 2. The van der Waals surface area contributed by atoms with E-state index in [2.05, 4.69) is 25.3 Å². The van der Waals surface area contributed by atoms with Crippen LogP contribution in [-0.2, 0) is 29.1 Å². The summed E-state index contributed by atoms with van der Waals surface area (Å²) in [7, 11) is -2.51. The summed E-state index contributed by atoms with van der Waals surface area (Å²) in [5.74, 6) is -4.93. The van der Waals surface area contributed by atoms with Gasteiger partial charge in [0, 0.05) is 24.8 Å². The average Bonchev–Trinajstić information content (AvgIpc) is 4.08. The minimum absolute atomic E-state index is 0.0476. The fourth-order valence-corrected chi connectivity index (χ4v) is 8.77. The summed E-state index contributed by atoms with van der Waals surface area (Å²) >= 11 is 0. The zero-order valence-electron chi connectivity index (χ0n) is 31.9. The maximum absolute atomic E-state index is 14.5. The van der Waals surface area contributed by atoms with Crippen LogP contribution in [0, 0.1) is 18.3 Å². The minimum Gasteiger partial charge on any atom is -0.497 e. The first-order valence-electron chi connectivity index (χ1n) is 19.1. The van der Waals surface area contributed by atoms with Crippen molar-refractivity contribution in [2.75, 3.05) is 20.3 Å². The number of alkyl carbamates (subject to hydrolysis) is 1. The highest BCUT2D eigenvalue weighted by Crippen LogP contribution is 2.60. The molecule has 4 fully saturated rings. The highest BCUT2D eigenvalue weighted by molar-refractivity contribution is 7.91. The Bertz CT molecular complexity index is 2080. The van der Waals surface area contributed by atoms with Crippen molar-refractivity contribution in [3.63, 3.8) is 0 Å². The van der Waals surface area contributed by atoms with Crippen LogP contribution in [-0.4, -0.2) is 102 Å². The number of alkyl halides is 2.